The molecule has 2 fully saturated rings. The number of methoxy groups -OCH3 is 4. The molecule has 2 aliphatic rings. The molecule has 9 nitrogen and oxygen atoms in total. The van der Waals surface area contributed by atoms with Gasteiger partial charge in [0, 0.05) is 45.2 Å². The molecule has 0 spiro atoms. The number of para-hydroxylation sites is 2. The number of benzene rings is 2. The highest BCUT2D eigenvalue weighted by Crippen LogP contribution is 2.44. The van der Waals surface area contributed by atoms with E-state index < -0.39 is 5.92 Å². The number of carbonyl (C=O) groups excluding carboxylic acids is 2. The van der Waals surface area contributed by atoms with Crippen LogP contribution in [0.4, 0.5) is 5.69 Å². The largest absolute Gasteiger partial charge is 0.495 e. The monoisotopic (exact) mass is 565 g/mol. The first kappa shape index (κ1) is 27.6. The Morgan fingerprint density at radius 1 is 0.775 bits per heavy atom. The molecule has 0 aliphatic carbocycles. The molecule has 10 heteroatoms. The Kier molecular flexibility index (Phi) is 8.35. The summed E-state index contributed by atoms with van der Waals surface area (Å²) in [6.07, 6.45) is 0. The highest BCUT2D eigenvalue weighted by molar-refractivity contribution is 7.12. The van der Waals surface area contributed by atoms with Crippen LogP contribution in [-0.4, -0.2) is 89.3 Å². The standard InChI is InChI=1S/C30H35N3O6S/c1-36-24-9-6-5-8-23(24)31-11-13-32(14-12-31)29(34)22-19-33(30(35)27-10-7-15-40-27)18-21(22)20-16-25(37-2)28(39-4)26(17-20)38-3/h5-10,15-17,21-22H,11-14,18-19H2,1-4H3/t21-,22-/m0/s1. The molecular weight excluding hydrogens is 530 g/mol. The van der Waals surface area contributed by atoms with E-state index >= 15 is 0 Å². The second kappa shape index (κ2) is 12.1. The number of carbonyl (C=O) groups is 2. The fraction of sp³-hybridized carbons (Fsp3) is 0.400. The van der Waals surface area contributed by atoms with Crippen LogP contribution in [0.25, 0.3) is 0 Å². The molecule has 2 saturated heterocycles. The van der Waals surface area contributed by atoms with E-state index in [0.29, 0.717) is 61.4 Å². The molecule has 3 aromatic rings. The number of nitrogens with zero attached hydrogens (tertiary/aromatic N) is 3. The van der Waals surface area contributed by atoms with E-state index in [1.165, 1.54) is 11.3 Å². The predicted octanol–water partition coefficient (Wildman–Crippen LogP) is 3.99. The molecule has 40 heavy (non-hydrogen) atoms. The Hall–Kier alpha value is -3.92. The van der Waals surface area contributed by atoms with Crippen LogP contribution in [0.2, 0.25) is 0 Å². The topological polar surface area (TPSA) is 80.8 Å². The molecular formula is C30H35N3O6S. The quantitative estimate of drug-likeness (QED) is 0.409. The maximum absolute atomic E-state index is 14.1. The molecule has 1 aromatic heterocycles. The molecule has 0 saturated carbocycles. The van der Waals surface area contributed by atoms with Crippen molar-refractivity contribution in [3.63, 3.8) is 0 Å². The van der Waals surface area contributed by atoms with Crippen molar-refractivity contribution in [2.24, 2.45) is 5.92 Å². The molecule has 212 valence electrons. The van der Waals surface area contributed by atoms with Gasteiger partial charge in [-0.05, 0) is 41.3 Å². The normalized spacial score (nSPS) is 18.9. The van der Waals surface area contributed by atoms with Gasteiger partial charge >= 0.3 is 0 Å². The van der Waals surface area contributed by atoms with Gasteiger partial charge in [-0.25, -0.2) is 0 Å². The van der Waals surface area contributed by atoms with Gasteiger partial charge < -0.3 is 33.6 Å². The number of thiophene rings is 1. The van der Waals surface area contributed by atoms with Crippen molar-refractivity contribution in [3.05, 3.63) is 64.4 Å². The van der Waals surface area contributed by atoms with E-state index in [1.807, 2.05) is 58.8 Å². The summed E-state index contributed by atoms with van der Waals surface area (Å²) >= 11 is 1.41. The lowest BCUT2D eigenvalue weighted by molar-refractivity contribution is -0.135. The molecule has 0 bridgehead atoms. The number of anilines is 1. The second-order valence-electron chi connectivity index (χ2n) is 9.84. The summed E-state index contributed by atoms with van der Waals surface area (Å²) in [5.74, 6) is 1.75. The Morgan fingerprint density at radius 2 is 1.45 bits per heavy atom. The van der Waals surface area contributed by atoms with Gasteiger partial charge in [0.1, 0.15) is 5.75 Å². The Balaban J connectivity index is 1.40. The van der Waals surface area contributed by atoms with E-state index in [0.717, 1.165) is 17.0 Å². The smallest absolute Gasteiger partial charge is 0.263 e. The molecule has 3 heterocycles. The predicted molar refractivity (Wildman–Crippen MR) is 154 cm³/mol. The summed E-state index contributed by atoms with van der Waals surface area (Å²) in [5, 5.41) is 1.89. The van der Waals surface area contributed by atoms with Gasteiger partial charge in [-0.3, -0.25) is 9.59 Å². The Labute approximate surface area is 238 Å². The van der Waals surface area contributed by atoms with E-state index in [1.54, 1.807) is 33.3 Å². The third-order valence-electron chi connectivity index (χ3n) is 7.79. The molecule has 0 N–H and O–H groups in total. The lowest BCUT2D eigenvalue weighted by Gasteiger charge is -2.38. The lowest BCUT2D eigenvalue weighted by Crippen LogP contribution is -2.51. The molecule has 2 aromatic carbocycles. The first-order valence-corrected chi connectivity index (χ1v) is 14.2. The van der Waals surface area contributed by atoms with Crippen molar-refractivity contribution in [2.75, 3.05) is 72.6 Å². The summed E-state index contributed by atoms with van der Waals surface area (Å²) in [4.78, 5) is 34.1. The van der Waals surface area contributed by atoms with Crippen LogP contribution < -0.4 is 23.8 Å². The minimum Gasteiger partial charge on any atom is -0.495 e. The van der Waals surface area contributed by atoms with Crippen molar-refractivity contribution in [1.29, 1.82) is 0 Å². The van der Waals surface area contributed by atoms with Crippen molar-refractivity contribution in [3.8, 4) is 23.0 Å². The van der Waals surface area contributed by atoms with Crippen LogP contribution in [0.1, 0.15) is 21.2 Å². The molecule has 2 amide bonds. The van der Waals surface area contributed by atoms with Crippen LogP contribution in [0.5, 0.6) is 23.0 Å². The zero-order valence-electron chi connectivity index (χ0n) is 23.3. The average molecular weight is 566 g/mol. The first-order valence-electron chi connectivity index (χ1n) is 13.3. The van der Waals surface area contributed by atoms with Crippen molar-refractivity contribution < 1.29 is 28.5 Å². The van der Waals surface area contributed by atoms with Gasteiger partial charge in [-0.1, -0.05) is 18.2 Å². The molecule has 5 rings (SSSR count). The van der Waals surface area contributed by atoms with Gasteiger partial charge in [-0.15, -0.1) is 11.3 Å². The van der Waals surface area contributed by atoms with Gasteiger partial charge in [0.25, 0.3) is 5.91 Å². The molecule has 0 radical (unpaired) electrons. The number of hydrogen-bond donors (Lipinski definition) is 0. The van der Waals surface area contributed by atoms with Crippen LogP contribution in [0, 0.1) is 5.92 Å². The Morgan fingerprint density at radius 3 is 2.05 bits per heavy atom. The van der Waals surface area contributed by atoms with Crippen LogP contribution in [0.3, 0.4) is 0 Å². The number of likely N-dealkylation sites (tertiary alicyclic amines) is 1. The molecule has 2 atom stereocenters. The fourth-order valence-corrected chi connectivity index (χ4v) is 6.41. The zero-order valence-corrected chi connectivity index (χ0v) is 24.1. The number of rotatable bonds is 8. The number of hydrogen-bond acceptors (Lipinski definition) is 8. The summed E-state index contributed by atoms with van der Waals surface area (Å²) in [7, 11) is 6.39. The van der Waals surface area contributed by atoms with E-state index in [2.05, 4.69) is 4.90 Å². The first-order chi connectivity index (χ1) is 19.5. The van der Waals surface area contributed by atoms with Crippen LogP contribution >= 0.6 is 11.3 Å². The van der Waals surface area contributed by atoms with Crippen molar-refractivity contribution in [2.45, 2.75) is 5.92 Å². The van der Waals surface area contributed by atoms with Crippen LogP contribution in [0.15, 0.2) is 53.9 Å². The minimum absolute atomic E-state index is 0.0521. The summed E-state index contributed by atoms with van der Waals surface area (Å²) in [6, 6.07) is 15.4. The van der Waals surface area contributed by atoms with Gasteiger partial charge in [0.15, 0.2) is 11.5 Å². The molecule has 2 aliphatic heterocycles. The van der Waals surface area contributed by atoms with Gasteiger partial charge in [0.05, 0.1) is 44.9 Å². The second-order valence-corrected chi connectivity index (χ2v) is 10.8. The van der Waals surface area contributed by atoms with Gasteiger partial charge in [-0.2, -0.15) is 0 Å². The number of amides is 2. The van der Waals surface area contributed by atoms with Crippen molar-refractivity contribution in [1.82, 2.24) is 9.80 Å². The van der Waals surface area contributed by atoms with E-state index in [9.17, 15) is 9.59 Å². The Bertz CT molecular complexity index is 1310. The zero-order chi connectivity index (χ0) is 28.2. The third kappa shape index (κ3) is 5.28. The van der Waals surface area contributed by atoms with Crippen LogP contribution in [-0.2, 0) is 4.79 Å². The minimum atomic E-state index is -0.399. The van der Waals surface area contributed by atoms with E-state index in [-0.39, 0.29) is 17.7 Å². The lowest BCUT2D eigenvalue weighted by atomic mass is 9.87. The highest BCUT2D eigenvalue weighted by Gasteiger charge is 2.43. The highest BCUT2D eigenvalue weighted by atomic mass is 32.1. The van der Waals surface area contributed by atoms with E-state index in [4.69, 9.17) is 18.9 Å². The summed E-state index contributed by atoms with van der Waals surface area (Å²) in [6.45, 7) is 3.36. The summed E-state index contributed by atoms with van der Waals surface area (Å²) < 4.78 is 22.3. The fourth-order valence-electron chi connectivity index (χ4n) is 5.72. The number of ether oxygens (including phenoxy) is 4. The average Bonchev–Trinajstić information content (AvgIpc) is 3.71. The maximum Gasteiger partial charge on any atom is 0.263 e. The SMILES string of the molecule is COc1ccccc1N1CCN(C(=O)[C@H]2CN(C(=O)c3cccs3)C[C@H]2c2cc(OC)c(OC)c(OC)c2)CC1. The number of piperazine rings is 1. The van der Waals surface area contributed by atoms with Crippen molar-refractivity contribution >= 4 is 28.8 Å². The van der Waals surface area contributed by atoms with Gasteiger partial charge in [0.2, 0.25) is 11.7 Å². The third-order valence-corrected chi connectivity index (χ3v) is 8.65. The molecule has 0 unspecified atom stereocenters. The summed E-state index contributed by atoms with van der Waals surface area (Å²) in [5.41, 5.74) is 1.91. The maximum atomic E-state index is 14.1.